The van der Waals surface area contributed by atoms with Crippen LogP contribution in [0, 0.1) is 0 Å². The second-order valence-electron chi connectivity index (χ2n) is 3.22. The van der Waals surface area contributed by atoms with Crippen LogP contribution in [0.15, 0.2) is 0 Å². The third kappa shape index (κ3) is 1.70. The van der Waals surface area contributed by atoms with E-state index in [1.165, 1.54) is 11.8 Å². The minimum Gasteiger partial charge on any atom is -0.383 e. The van der Waals surface area contributed by atoms with Crippen LogP contribution < -0.4 is 11.5 Å². The maximum atomic E-state index is 11.4. The third-order valence-corrected chi connectivity index (χ3v) is 2.87. The van der Waals surface area contributed by atoms with Crippen molar-refractivity contribution >= 4 is 28.8 Å². The molecule has 0 saturated heterocycles. The molecule has 1 aliphatic heterocycles. The van der Waals surface area contributed by atoms with Crippen LogP contribution in [0.4, 0.5) is 16.6 Å². The number of hydrogen-bond donors (Lipinski definition) is 2. The lowest BCUT2D eigenvalue weighted by Gasteiger charge is -2.12. The molecular weight excluding hydrogens is 214 g/mol. The molecular formula is C8H11N5OS. The fourth-order valence-corrected chi connectivity index (χ4v) is 1.95. The van der Waals surface area contributed by atoms with E-state index >= 15 is 0 Å². The maximum Gasteiger partial charge on any atom is 0.282 e. The van der Waals surface area contributed by atoms with Gasteiger partial charge in [0.05, 0.1) is 18.8 Å². The van der Waals surface area contributed by atoms with Crippen LogP contribution >= 0.6 is 11.8 Å². The summed E-state index contributed by atoms with van der Waals surface area (Å²) in [6.45, 7) is 0.938. The maximum absolute atomic E-state index is 11.4. The molecule has 0 unspecified atom stereocenters. The van der Waals surface area contributed by atoms with Gasteiger partial charge in [0.15, 0.2) is 0 Å². The van der Waals surface area contributed by atoms with Crippen molar-refractivity contribution in [1.29, 1.82) is 0 Å². The second kappa shape index (κ2) is 3.58. The number of nitrogen functional groups attached to an aromatic ring is 2. The number of nitrogens with zero attached hydrogens (tertiary/aromatic N) is 3. The Balaban J connectivity index is 2.31. The summed E-state index contributed by atoms with van der Waals surface area (Å²) >= 11 is 1.17. The van der Waals surface area contributed by atoms with Crippen molar-refractivity contribution in [3.8, 4) is 0 Å². The molecule has 1 aliphatic rings. The van der Waals surface area contributed by atoms with Crippen LogP contribution in [0.25, 0.3) is 0 Å². The predicted octanol–water partition coefficient (Wildman–Crippen LogP) is 0.440. The van der Waals surface area contributed by atoms with Crippen molar-refractivity contribution in [3.05, 3.63) is 11.3 Å². The number of fused-ring (bicyclic) bond motifs is 1. The third-order valence-electron chi connectivity index (χ3n) is 2.26. The molecule has 1 aromatic rings. The van der Waals surface area contributed by atoms with E-state index in [1.807, 2.05) is 0 Å². The average Bonchev–Trinajstić information content (AvgIpc) is 2.60. The Hall–Kier alpha value is -1.50. The minimum absolute atomic E-state index is 0.00553. The quantitative estimate of drug-likeness (QED) is 0.664. The van der Waals surface area contributed by atoms with E-state index in [4.69, 9.17) is 11.5 Å². The highest BCUT2D eigenvalue weighted by Gasteiger charge is 2.26. The lowest BCUT2D eigenvalue weighted by Crippen LogP contribution is -2.20. The Morgan fingerprint density at radius 1 is 1.40 bits per heavy atom. The first-order valence-corrected chi connectivity index (χ1v) is 5.58. The van der Waals surface area contributed by atoms with Gasteiger partial charge in [0.1, 0.15) is 5.82 Å². The van der Waals surface area contributed by atoms with Gasteiger partial charge in [0.2, 0.25) is 5.95 Å². The normalized spacial score (nSPS) is 14.1. The molecule has 0 atom stereocenters. The molecule has 0 aliphatic carbocycles. The number of nitrogens with two attached hydrogens (primary N) is 2. The summed E-state index contributed by atoms with van der Waals surface area (Å²) in [7, 11) is 0. The molecule has 6 nitrogen and oxygen atoms in total. The second-order valence-corrected chi connectivity index (χ2v) is 3.98. The molecule has 1 aromatic heterocycles. The van der Waals surface area contributed by atoms with Gasteiger partial charge in [-0.25, -0.2) is 4.98 Å². The van der Waals surface area contributed by atoms with Gasteiger partial charge in [-0.05, 0) is 6.26 Å². The van der Waals surface area contributed by atoms with Gasteiger partial charge in [-0.3, -0.25) is 4.79 Å². The fraction of sp³-hybridized carbons (Fsp3) is 0.375. The molecule has 0 radical (unpaired) electrons. The topological polar surface area (TPSA) is 98.1 Å². The molecule has 7 heteroatoms. The summed E-state index contributed by atoms with van der Waals surface area (Å²) in [4.78, 5) is 21.0. The van der Waals surface area contributed by atoms with Crippen LogP contribution in [-0.4, -0.2) is 26.4 Å². The summed E-state index contributed by atoms with van der Waals surface area (Å²) < 4.78 is 0. The zero-order chi connectivity index (χ0) is 11.0. The number of amides is 1. The predicted molar refractivity (Wildman–Crippen MR) is 59.0 cm³/mol. The molecule has 4 N–H and O–H groups in total. The summed E-state index contributed by atoms with van der Waals surface area (Å²) in [5.74, 6) is 0.526. The summed E-state index contributed by atoms with van der Waals surface area (Å²) in [6.07, 6.45) is 1.74. The Morgan fingerprint density at radius 3 is 2.80 bits per heavy atom. The Morgan fingerprint density at radius 2 is 2.13 bits per heavy atom. The molecule has 0 bridgehead atoms. The van der Waals surface area contributed by atoms with E-state index in [-0.39, 0.29) is 11.2 Å². The van der Waals surface area contributed by atoms with E-state index in [1.54, 1.807) is 11.2 Å². The highest BCUT2D eigenvalue weighted by molar-refractivity contribution is 8.12. The number of carbonyl (C=O) groups excluding carboxylic acids is 1. The minimum atomic E-state index is 0.00553. The zero-order valence-electron chi connectivity index (χ0n) is 8.23. The number of anilines is 2. The first-order valence-electron chi connectivity index (χ1n) is 4.35. The van der Waals surface area contributed by atoms with Crippen molar-refractivity contribution in [2.75, 3.05) is 17.7 Å². The van der Waals surface area contributed by atoms with Crippen molar-refractivity contribution in [3.63, 3.8) is 0 Å². The van der Waals surface area contributed by atoms with Crippen LogP contribution in [0.5, 0.6) is 0 Å². The summed E-state index contributed by atoms with van der Waals surface area (Å²) in [6, 6.07) is 0. The molecule has 0 fully saturated rings. The zero-order valence-corrected chi connectivity index (χ0v) is 9.04. The molecule has 2 rings (SSSR count). The Bertz CT molecular complexity index is 422. The van der Waals surface area contributed by atoms with Gasteiger partial charge >= 0.3 is 0 Å². The first kappa shape index (κ1) is 10.0. The number of carbonyl (C=O) groups is 1. The molecule has 80 valence electrons. The van der Waals surface area contributed by atoms with E-state index in [0.717, 1.165) is 11.3 Å². The number of aromatic nitrogens is 2. The first-order chi connectivity index (χ1) is 7.11. The Labute approximate surface area is 91.0 Å². The molecule has 1 amide bonds. The lowest BCUT2D eigenvalue weighted by molar-refractivity contribution is 0.224. The van der Waals surface area contributed by atoms with Gasteiger partial charge in [-0.15, -0.1) is 0 Å². The van der Waals surface area contributed by atoms with E-state index in [9.17, 15) is 4.79 Å². The lowest BCUT2D eigenvalue weighted by atomic mass is 10.2. The van der Waals surface area contributed by atoms with Gasteiger partial charge in [-0.2, -0.15) is 4.98 Å². The average molecular weight is 225 g/mol. The van der Waals surface area contributed by atoms with Crippen molar-refractivity contribution in [2.45, 2.75) is 13.1 Å². The van der Waals surface area contributed by atoms with Gasteiger partial charge in [0.25, 0.3) is 5.24 Å². The molecule has 0 aromatic carbocycles. The van der Waals surface area contributed by atoms with E-state index < -0.39 is 0 Å². The number of rotatable bonds is 0. The highest BCUT2D eigenvalue weighted by Crippen LogP contribution is 2.27. The summed E-state index contributed by atoms with van der Waals surface area (Å²) in [5.41, 5.74) is 12.7. The van der Waals surface area contributed by atoms with E-state index in [0.29, 0.717) is 18.9 Å². The molecule has 0 saturated carbocycles. The Kier molecular flexibility index (Phi) is 2.39. The number of hydrogen-bond acceptors (Lipinski definition) is 6. The van der Waals surface area contributed by atoms with Crippen molar-refractivity contribution in [2.24, 2.45) is 0 Å². The molecule has 15 heavy (non-hydrogen) atoms. The van der Waals surface area contributed by atoms with Crippen LogP contribution in [0.3, 0.4) is 0 Å². The van der Waals surface area contributed by atoms with Crippen LogP contribution in [-0.2, 0) is 13.1 Å². The highest BCUT2D eigenvalue weighted by atomic mass is 32.2. The van der Waals surface area contributed by atoms with Crippen molar-refractivity contribution < 1.29 is 4.79 Å². The van der Waals surface area contributed by atoms with Gasteiger partial charge in [-0.1, -0.05) is 11.8 Å². The SMILES string of the molecule is CSC(=O)N1Cc2nc(N)nc(N)c2C1. The molecule has 2 heterocycles. The van der Waals surface area contributed by atoms with Crippen molar-refractivity contribution in [1.82, 2.24) is 14.9 Å². The monoisotopic (exact) mass is 225 g/mol. The van der Waals surface area contributed by atoms with E-state index in [2.05, 4.69) is 9.97 Å². The molecule has 0 spiro atoms. The standard InChI is InChI=1S/C8H11N5OS/c1-15-8(14)13-2-4-5(3-13)11-7(10)12-6(4)9/h2-3H2,1H3,(H4,9,10,11,12). The van der Waals surface area contributed by atoms with Gasteiger partial charge in [0, 0.05) is 5.56 Å². The van der Waals surface area contributed by atoms with Crippen LogP contribution in [0.2, 0.25) is 0 Å². The smallest absolute Gasteiger partial charge is 0.282 e. The van der Waals surface area contributed by atoms with Gasteiger partial charge < -0.3 is 16.4 Å². The number of thioether (sulfide) groups is 1. The summed E-state index contributed by atoms with van der Waals surface area (Å²) in [5, 5.41) is 0.00553. The largest absolute Gasteiger partial charge is 0.383 e. The van der Waals surface area contributed by atoms with Crippen LogP contribution in [0.1, 0.15) is 11.3 Å². The fourth-order valence-electron chi connectivity index (χ4n) is 1.56.